The Kier molecular flexibility index (Phi) is 5.79. The summed E-state index contributed by atoms with van der Waals surface area (Å²) >= 11 is 0. The van der Waals surface area contributed by atoms with E-state index < -0.39 is 0 Å². The fraction of sp³-hybridized carbons (Fsp3) is 0.444. The zero-order chi connectivity index (χ0) is 16.8. The first-order valence-corrected chi connectivity index (χ1v) is 8.19. The summed E-state index contributed by atoms with van der Waals surface area (Å²) in [5.74, 6) is 0.00754. The highest BCUT2D eigenvalue weighted by Crippen LogP contribution is 2.17. The number of nitrogens with zero attached hydrogens (tertiary/aromatic N) is 3. The van der Waals surface area contributed by atoms with Crippen molar-refractivity contribution in [1.82, 2.24) is 9.78 Å². The first-order valence-electron chi connectivity index (χ1n) is 8.19. The molecule has 1 N–H and O–H groups in total. The van der Waals surface area contributed by atoms with E-state index in [1.54, 1.807) is 0 Å². The number of benzene rings is 1. The van der Waals surface area contributed by atoms with Crippen molar-refractivity contribution < 1.29 is 4.79 Å². The molecule has 0 radical (unpaired) electrons. The highest BCUT2D eigenvalue weighted by atomic mass is 16.1. The number of carbonyl (C=O) groups excluding carboxylic acids is 1. The average molecular weight is 314 g/mol. The van der Waals surface area contributed by atoms with Crippen LogP contribution >= 0.6 is 0 Å². The van der Waals surface area contributed by atoms with Gasteiger partial charge >= 0.3 is 0 Å². The molecule has 0 unspecified atom stereocenters. The van der Waals surface area contributed by atoms with Crippen LogP contribution in [0.4, 0.5) is 11.4 Å². The van der Waals surface area contributed by atoms with Gasteiger partial charge in [0.05, 0.1) is 5.69 Å². The Morgan fingerprint density at radius 1 is 1.17 bits per heavy atom. The van der Waals surface area contributed by atoms with E-state index in [4.69, 9.17) is 0 Å². The second-order valence-electron chi connectivity index (χ2n) is 5.67. The van der Waals surface area contributed by atoms with Gasteiger partial charge in [-0.3, -0.25) is 9.48 Å². The van der Waals surface area contributed by atoms with Crippen molar-refractivity contribution in [2.45, 2.75) is 40.7 Å². The van der Waals surface area contributed by atoms with Crippen molar-refractivity contribution in [2.24, 2.45) is 0 Å². The topological polar surface area (TPSA) is 50.2 Å². The number of nitrogens with one attached hydrogen (secondary N) is 1. The van der Waals surface area contributed by atoms with Crippen LogP contribution in [0.1, 0.15) is 31.7 Å². The molecule has 0 atom stereocenters. The van der Waals surface area contributed by atoms with Crippen LogP contribution in [0, 0.1) is 13.8 Å². The number of aryl methyl sites for hydroxylation is 3. The van der Waals surface area contributed by atoms with Crippen molar-refractivity contribution >= 4 is 17.3 Å². The molecule has 1 aromatic heterocycles. The van der Waals surface area contributed by atoms with Crippen LogP contribution < -0.4 is 10.2 Å². The van der Waals surface area contributed by atoms with Crippen molar-refractivity contribution in [2.75, 3.05) is 23.3 Å². The maximum Gasteiger partial charge on any atom is 0.226 e. The molecule has 124 valence electrons. The first-order chi connectivity index (χ1) is 11.0. The van der Waals surface area contributed by atoms with Crippen LogP contribution in [0.25, 0.3) is 0 Å². The minimum Gasteiger partial charge on any atom is -0.372 e. The molecular formula is C18H26N4O. The van der Waals surface area contributed by atoms with Crippen molar-refractivity contribution in [3.05, 3.63) is 41.7 Å². The maximum atomic E-state index is 12.1. The molecule has 1 aromatic carbocycles. The molecule has 23 heavy (non-hydrogen) atoms. The summed E-state index contributed by atoms with van der Waals surface area (Å²) in [7, 11) is 0. The van der Waals surface area contributed by atoms with E-state index in [-0.39, 0.29) is 5.91 Å². The fourth-order valence-corrected chi connectivity index (χ4v) is 2.68. The zero-order valence-corrected chi connectivity index (χ0v) is 14.5. The van der Waals surface area contributed by atoms with Gasteiger partial charge in [0, 0.05) is 43.1 Å². The predicted molar refractivity (Wildman–Crippen MR) is 95.0 cm³/mol. The van der Waals surface area contributed by atoms with Gasteiger partial charge in [-0.2, -0.15) is 5.10 Å². The van der Waals surface area contributed by atoms with Gasteiger partial charge in [-0.1, -0.05) is 0 Å². The number of amides is 1. The second kappa shape index (κ2) is 7.81. The highest BCUT2D eigenvalue weighted by Gasteiger charge is 2.07. The number of anilines is 2. The minimum absolute atomic E-state index is 0.00754. The normalized spacial score (nSPS) is 10.6. The lowest BCUT2D eigenvalue weighted by atomic mass is 10.2. The monoisotopic (exact) mass is 314 g/mol. The summed E-state index contributed by atoms with van der Waals surface area (Å²) in [4.78, 5) is 14.3. The van der Waals surface area contributed by atoms with Gasteiger partial charge in [-0.25, -0.2) is 0 Å². The Morgan fingerprint density at radius 2 is 1.83 bits per heavy atom. The lowest BCUT2D eigenvalue weighted by Crippen LogP contribution is -2.21. The van der Waals surface area contributed by atoms with Crippen LogP contribution in [0.5, 0.6) is 0 Å². The highest BCUT2D eigenvalue weighted by molar-refractivity contribution is 5.90. The van der Waals surface area contributed by atoms with Gasteiger partial charge in [0.2, 0.25) is 5.91 Å². The van der Waals surface area contributed by atoms with Gasteiger partial charge in [-0.05, 0) is 58.0 Å². The van der Waals surface area contributed by atoms with E-state index >= 15 is 0 Å². The molecule has 0 saturated heterocycles. The van der Waals surface area contributed by atoms with Gasteiger partial charge in [0.1, 0.15) is 0 Å². The van der Waals surface area contributed by atoms with Crippen LogP contribution in [-0.2, 0) is 11.3 Å². The van der Waals surface area contributed by atoms with Gasteiger partial charge in [0.15, 0.2) is 0 Å². The number of carbonyl (C=O) groups is 1. The lowest BCUT2D eigenvalue weighted by Gasteiger charge is -2.21. The molecule has 0 saturated carbocycles. The van der Waals surface area contributed by atoms with Crippen LogP contribution in [0.2, 0.25) is 0 Å². The third-order valence-electron chi connectivity index (χ3n) is 3.93. The molecule has 0 bridgehead atoms. The third-order valence-corrected chi connectivity index (χ3v) is 3.93. The summed E-state index contributed by atoms with van der Waals surface area (Å²) in [6, 6.07) is 10.0. The standard InChI is InChI=1S/C18H26N4O/c1-5-21(6-2)17-9-7-16(8-10-17)19-18(23)11-12-22-15(4)13-14(3)20-22/h7-10,13H,5-6,11-12H2,1-4H3,(H,19,23). The van der Waals surface area contributed by atoms with E-state index in [0.717, 1.165) is 30.2 Å². The Bertz CT molecular complexity index is 642. The molecule has 0 aliphatic carbocycles. The number of hydrogen-bond acceptors (Lipinski definition) is 3. The summed E-state index contributed by atoms with van der Waals surface area (Å²) in [5.41, 5.74) is 4.07. The summed E-state index contributed by atoms with van der Waals surface area (Å²) in [6.07, 6.45) is 0.416. The van der Waals surface area contributed by atoms with Crippen LogP contribution in [0.3, 0.4) is 0 Å². The van der Waals surface area contributed by atoms with E-state index in [2.05, 4.69) is 29.2 Å². The molecule has 1 heterocycles. The number of hydrogen-bond donors (Lipinski definition) is 1. The lowest BCUT2D eigenvalue weighted by molar-refractivity contribution is -0.116. The third kappa shape index (κ3) is 4.58. The molecule has 1 amide bonds. The smallest absolute Gasteiger partial charge is 0.226 e. The first kappa shape index (κ1) is 17.1. The number of aromatic nitrogens is 2. The summed E-state index contributed by atoms with van der Waals surface area (Å²) in [6.45, 7) is 10.8. The summed E-state index contributed by atoms with van der Waals surface area (Å²) in [5, 5.41) is 7.31. The van der Waals surface area contributed by atoms with E-state index in [0.29, 0.717) is 13.0 Å². The SMILES string of the molecule is CCN(CC)c1ccc(NC(=O)CCn2nc(C)cc2C)cc1. The Hall–Kier alpha value is -2.30. The molecule has 0 aliphatic heterocycles. The van der Waals surface area contributed by atoms with E-state index in [9.17, 15) is 4.79 Å². The minimum atomic E-state index is 0.00754. The average Bonchev–Trinajstić information content (AvgIpc) is 2.86. The Balaban J connectivity index is 1.89. The predicted octanol–water partition coefficient (Wildman–Crippen LogP) is 3.37. The van der Waals surface area contributed by atoms with Gasteiger partial charge in [0.25, 0.3) is 0 Å². The molecular weight excluding hydrogens is 288 g/mol. The zero-order valence-electron chi connectivity index (χ0n) is 14.5. The van der Waals surface area contributed by atoms with Gasteiger partial charge in [-0.15, -0.1) is 0 Å². The molecule has 5 nitrogen and oxygen atoms in total. The maximum absolute atomic E-state index is 12.1. The molecule has 0 fully saturated rings. The van der Waals surface area contributed by atoms with Crippen molar-refractivity contribution in [3.8, 4) is 0 Å². The molecule has 0 spiro atoms. The van der Waals surface area contributed by atoms with Crippen LogP contribution in [-0.4, -0.2) is 28.8 Å². The largest absolute Gasteiger partial charge is 0.372 e. The van der Waals surface area contributed by atoms with Crippen molar-refractivity contribution in [1.29, 1.82) is 0 Å². The number of rotatable bonds is 7. The van der Waals surface area contributed by atoms with Crippen molar-refractivity contribution in [3.63, 3.8) is 0 Å². The quantitative estimate of drug-likeness (QED) is 0.852. The molecule has 5 heteroatoms. The van der Waals surface area contributed by atoms with E-state index in [1.807, 2.05) is 48.9 Å². The van der Waals surface area contributed by atoms with E-state index in [1.165, 1.54) is 5.69 Å². The Labute approximate surface area is 138 Å². The Morgan fingerprint density at radius 3 is 2.35 bits per heavy atom. The molecule has 2 rings (SSSR count). The molecule has 2 aromatic rings. The summed E-state index contributed by atoms with van der Waals surface area (Å²) < 4.78 is 1.87. The fourth-order valence-electron chi connectivity index (χ4n) is 2.68. The second-order valence-corrected chi connectivity index (χ2v) is 5.67. The van der Waals surface area contributed by atoms with Crippen LogP contribution in [0.15, 0.2) is 30.3 Å². The van der Waals surface area contributed by atoms with Gasteiger partial charge < -0.3 is 10.2 Å². The molecule has 0 aliphatic rings.